The lowest BCUT2D eigenvalue weighted by atomic mass is 10.2. The molecule has 0 aliphatic heterocycles. The first kappa shape index (κ1) is 22.6. The molecule has 0 atom stereocenters. The zero-order valence-corrected chi connectivity index (χ0v) is 16.5. The largest absolute Gasteiger partial charge is 0.494 e. The first-order valence-electron chi connectivity index (χ1n) is 8.17. The molecule has 0 aliphatic carbocycles. The van der Waals surface area contributed by atoms with Gasteiger partial charge in [0.05, 0.1) is 18.5 Å². The van der Waals surface area contributed by atoms with Gasteiger partial charge in [-0.15, -0.1) is 10.2 Å². The van der Waals surface area contributed by atoms with Gasteiger partial charge in [0.15, 0.2) is 4.90 Å². The van der Waals surface area contributed by atoms with E-state index in [0.717, 1.165) is 12.1 Å². The molecule has 0 saturated heterocycles. The fourth-order valence-electron chi connectivity index (χ4n) is 2.42. The van der Waals surface area contributed by atoms with Crippen molar-refractivity contribution in [2.24, 2.45) is 10.2 Å². The molecule has 13 heteroatoms. The average molecular weight is 436 g/mol. The molecule has 0 unspecified atom stereocenters. The minimum atomic E-state index is -5.00. The van der Waals surface area contributed by atoms with Crippen LogP contribution in [0.2, 0.25) is 0 Å². The highest BCUT2D eigenvalue weighted by atomic mass is 32.2. The number of amides is 1. The van der Waals surface area contributed by atoms with Gasteiger partial charge in [-0.25, -0.2) is 0 Å². The zero-order chi connectivity index (χ0) is 22.5. The molecule has 2 rings (SSSR count). The van der Waals surface area contributed by atoms with E-state index in [1.807, 2.05) is 0 Å². The molecule has 30 heavy (non-hydrogen) atoms. The van der Waals surface area contributed by atoms with Gasteiger partial charge >= 0.3 is 10.1 Å². The third-order valence-corrected chi connectivity index (χ3v) is 4.53. The van der Waals surface area contributed by atoms with Gasteiger partial charge in [0, 0.05) is 6.07 Å². The Balaban J connectivity index is 2.56. The second kappa shape index (κ2) is 9.19. The number of anilines is 1. The van der Waals surface area contributed by atoms with Crippen molar-refractivity contribution >= 4 is 44.6 Å². The van der Waals surface area contributed by atoms with E-state index < -0.39 is 43.6 Å². The Hall–Kier alpha value is -3.71. The molecule has 0 saturated carbocycles. The number of nitro groups is 1. The Labute approximate surface area is 170 Å². The average Bonchev–Trinajstić information content (AvgIpc) is 2.65. The second-order valence-electron chi connectivity index (χ2n) is 5.84. The van der Waals surface area contributed by atoms with Gasteiger partial charge in [-0.2, -0.15) is 8.42 Å². The van der Waals surface area contributed by atoms with Crippen molar-refractivity contribution in [2.45, 2.75) is 18.2 Å². The summed E-state index contributed by atoms with van der Waals surface area (Å²) in [6.45, 7) is 1.24. The van der Waals surface area contributed by atoms with E-state index in [9.17, 15) is 32.7 Å². The maximum absolute atomic E-state index is 12.0. The summed E-state index contributed by atoms with van der Waals surface area (Å²) in [5, 5.41) is 21.1. The normalized spacial score (nSPS) is 11.3. The lowest BCUT2D eigenvalue weighted by Crippen LogP contribution is -2.15. The van der Waals surface area contributed by atoms with Gasteiger partial charge in [0.1, 0.15) is 28.6 Å². The Bertz CT molecular complexity index is 1140. The summed E-state index contributed by atoms with van der Waals surface area (Å²) in [6.07, 6.45) is -0.396. The highest BCUT2D eigenvalue weighted by molar-refractivity contribution is 7.86. The van der Waals surface area contributed by atoms with Crippen LogP contribution in [-0.2, 0) is 19.7 Å². The number of nitro benzene ring substituents is 1. The number of carbonyl (C=O) groups is 2. The van der Waals surface area contributed by atoms with Crippen LogP contribution in [0.4, 0.5) is 22.7 Å². The number of hydrogen-bond donors (Lipinski definition) is 2. The number of ketones is 1. The number of nitrogens with one attached hydrogen (secondary N) is 1. The van der Waals surface area contributed by atoms with Crippen molar-refractivity contribution in [3.05, 3.63) is 46.5 Å². The quantitative estimate of drug-likeness (QED) is 0.208. The SMILES string of the molecule is COc1cccc(N=Nc2cccc([N+](=O)[O-])c2S(=O)(=O)O)c1NC(=O)CC(C)=O. The Morgan fingerprint density at radius 3 is 2.33 bits per heavy atom. The van der Waals surface area contributed by atoms with Crippen LogP contribution >= 0.6 is 0 Å². The molecule has 0 aromatic heterocycles. The minimum absolute atomic E-state index is 0.0130. The highest BCUT2D eigenvalue weighted by Crippen LogP contribution is 2.38. The molecule has 2 N–H and O–H groups in total. The first-order chi connectivity index (χ1) is 14.0. The van der Waals surface area contributed by atoms with Crippen LogP contribution < -0.4 is 10.1 Å². The number of methoxy groups -OCH3 is 1. The third kappa shape index (κ3) is 5.42. The molecule has 0 aliphatic rings. The Morgan fingerprint density at radius 2 is 1.77 bits per heavy atom. The van der Waals surface area contributed by atoms with Crippen LogP contribution in [0.15, 0.2) is 51.5 Å². The fraction of sp³-hybridized carbons (Fsp3) is 0.176. The monoisotopic (exact) mass is 436 g/mol. The van der Waals surface area contributed by atoms with Crippen molar-refractivity contribution in [3.63, 3.8) is 0 Å². The van der Waals surface area contributed by atoms with Gasteiger partial charge in [0.25, 0.3) is 5.69 Å². The van der Waals surface area contributed by atoms with E-state index in [0.29, 0.717) is 0 Å². The molecule has 2 aromatic rings. The van der Waals surface area contributed by atoms with Crippen LogP contribution in [0.3, 0.4) is 0 Å². The summed E-state index contributed by atoms with van der Waals surface area (Å²) in [6, 6.07) is 7.57. The zero-order valence-electron chi connectivity index (χ0n) is 15.7. The highest BCUT2D eigenvalue weighted by Gasteiger charge is 2.28. The smallest absolute Gasteiger partial charge is 0.303 e. The molecular weight excluding hydrogens is 420 g/mol. The predicted molar refractivity (Wildman–Crippen MR) is 104 cm³/mol. The molecule has 0 heterocycles. The van der Waals surface area contributed by atoms with Crippen molar-refractivity contribution in [3.8, 4) is 5.75 Å². The minimum Gasteiger partial charge on any atom is -0.494 e. The van der Waals surface area contributed by atoms with E-state index in [1.165, 1.54) is 38.3 Å². The number of rotatable bonds is 8. The number of Topliss-reactive ketones (excluding diaryl/α,β-unsaturated/α-hetero) is 1. The summed E-state index contributed by atoms with van der Waals surface area (Å²) < 4.78 is 37.8. The molecule has 158 valence electrons. The van der Waals surface area contributed by atoms with Gasteiger partial charge in [-0.1, -0.05) is 12.1 Å². The first-order valence-corrected chi connectivity index (χ1v) is 9.61. The van der Waals surface area contributed by atoms with E-state index in [1.54, 1.807) is 0 Å². The number of nitrogens with zero attached hydrogens (tertiary/aromatic N) is 3. The van der Waals surface area contributed by atoms with Crippen molar-refractivity contribution < 1.29 is 32.2 Å². The van der Waals surface area contributed by atoms with Gasteiger partial charge in [-0.3, -0.25) is 24.3 Å². The maximum Gasteiger partial charge on any atom is 0.303 e. The lowest BCUT2D eigenvalue weighted by Gasteiger charge is -2.11. The molecule has 0 spiro atoms. The Kier molecular flexibility index (Phi) is 6.92. The van der Waals surface area contributed by atoms with Crippen LogP contribution in [0.5, 0.6) is 5.75 Å². The number of azo groups is 1. The molecule has 12 nitrogen and oxygen atoms in total. The van der Waals surface area contributed by atoms with E-state index >= 15 is 0 Å². The van der Waals surface area contributed by atoms with Crippen LogP contribution in [0.1, 0.15) is 13.3 Å². The van der Waals surface area contributed by atoms with Crippen LogP contribution in [0, 0.1) is 10.1 Å². The number of para-hydroxylation sites is 1. The number of hydrogen-bond acceptors (Lipinski definition) is 9. The van der Waals surface area contributed by atoms with Crippen LogP contribution in [0.25, 0.3) is 0 Å². The van der Waals surface area contributed by atoms with Crippen molar-refractivity contribution in [2.75, 3.05) is 12.4 Å². The van der Waals surface area contributed by atoms with Crippen LogP contribution in [-0.4, -0.2) is 36.7 Å². The molecule has 0 radical (unpaired) electrons. The van der Waals surface area contributed by atoms with Crippen molar-refractivity contribution in [1.82, 2.24) is 0 Å². The topological polar surface area (TPSA) is 178 Å². The van der Waals surface area contributed by atoms with E-state index in [2.05, 4.69) is 15.5 Å². The van der Waals surface area contributed by atoms with E-state index in [-0.39, 0.29) is 22.9 Å². The fourth-order valence-corrected chi connectivity index (χ4v) is 3.20. The number of ether oxygens (including phenoxy) is 1. The summed E-state index contributed by atoms with van der Waals surface area (Å²) in [5.41, 5.74) is -1.31. The van der Waals surface area contributed by atoms with Crippen molar-refractivity contribution in [1.29, 1.82) is 0 Å². The summed E-state index contributed by atoms with van der Waals surface area (Å²) in [7, 11) is -3.67. The predicted octanol–water partition coefficient (Wildman–Crippen LogP) is 3.18. The summed E-state index contributed by atoms with van der Waals surface area (Å²) >= 11 is 0. The van der Waals surface area contributed by atoms with Gasteiger partial charge in [0.2, 0.25) is 5.91 Å². The standard InChI is InChI=1S/C17H16N4O8S/c1-10(22)9-15(23)18-16-11(5-4-8-14(16)29-2)19-20-12-6-3-7-13(21(24)25)17(12)30(26,27)28/h3-8H,9H2,1-2H3,(H,18,23)(H,26,27,28). The molecule has 2 aromatic carbocycles. The summed E-state index contributed by atoms with van der Waals surface area (Å²) in [5.74, 6) is -0.838. The molecule has 1 amide bonds. The maximum atomic E-state index is 12.0. The summed E-state index contributed by atoms with van der Waals surface area (Å²) in [4.78, 5) is 32.2. The number of benzene rings is 2. The number of carbonyl (C=O) groups excluding carboxylic acids is 2. The molecular formula is C17H16N4O8S. The molecule has 0 bridgehead atoms. The third-order valence-electron chi connectivity index (χ3n) is 3.59. The van der Waals surface area contributed by atoms with Gasteiger partial charge < -0.3 is 10.1 Å². The van der Waals surface area contributed by atoms with E-state index in [4.69, 9.17) is 4.74 Å². The Morgan fingerprint density at radius 1 is 1.17 bits per heavy atom. The second-order valence-corrected chi connectivity index (χ2v) is 7.20. The molecule has 0 fully saturated rings. The van der Waals surface area contributed by atoms with Gasteiger partial charge in [-0.05, 0) is 25.1 Å². The lowest BCUT2D eigenvalue weighted by molar-refractivity contribution is -0.387.